The molecule has 0 unspecified atom stereocenters. The molecule has 0 spiro atoms. The van der Waals surface area contributed by atoms with Crippen molar-refractivity contribution in [3.8, 4) is 0 Å². The molecule has 1 aromatic heterocycles. The average Bonchev–Trinajstić information content (AvgIpc) is 2.92. The Labute approximate surface area is 224 Å². The molecule has 0 saturated carbocycles. The Morgan fingerprint density at radius 3 is 1.76 bits per heavy atom. The minimum Gasteiger partial charge on any atom is -0.356 e. The van der Waals surface area contributed by atoms with Gasteiger partial charge in [0.2, 0.25) is 5.91 Å². The second-order valence-electron chi connectivity index (χ2n) is 8.51. The van der Waals surface area contributed by atoms with Crippen molar-refractivity contribution in [2.45, 2.75) is 71.1 Å². The van der Waals surface area contributed by atoms with Crippen LogP contribution in [0.1, 0.15) is 81.5 Å². The molecule has 1 aromatic rings. The van der Waals surface area contributed by atoms with Gasteiger partial charge < -0.3 is 10.6 Å². The standard InChI is InChI=1S/C32H45N3O2/c1-2-3-4-5-6-7-8-9-10-11-12-13-14-15-16-17-18-19-20-25-31(36)34-27-21-22-28-35-32(37)30-24-23-26-33-29-30/h3-4,6-7,9-10,12-13,15-16,18-19,23-24,26,29H,2,5,8,11,14,17,20-22,25,27-28H2,1H3,(H,34,36)(H,35,37). The molecule has 200 valence electrons. The fraction of sp³-hybridized carbons (Fsp3) is 0.406. The Morgan fingerprint density at radius 2 is 1.24 bits per heavy atom. The van der Waals surface area contributed by atoms with Gasteiger partial charge in [0.15, 0.2) is 0 Å². The van der Waals surface area contributed by atoms with Crippen molar-refractivity contribution in [3.63, 3.8) is 0 Å². The summed E-state index contributed by atoms with van der Waals surface area (Å²) in [6, 6.07) is 3.48. The lowest BCUT2D eigenvalue weighted by atomic mass is 10.2. The largest absolute Gasteiger partial charge is 0.356 e. The first-order valence-electron chi connectivity index (χ1n) is 13.6. The van der Waals surface area contributed by atoms with Crippen LogP contribution in [0.2, 0.25) is 0 Å². The van der Waals surface area contributed by atoms with E-state index in [1.165, 1.54) is 0 Å². The van der Waals surface area contributed by atoms with E-state index in [9.17, 15) is 9.59 Å². The van der Waals surface area contributed by atoms with Crippen LogP contribution in [0.15, 0.2) is 97.4 Å². The number of hydrogen-bond donors (Lipinski definition) is 2. The molecular formula is C32H45N3O2. The van der Waals surface area contributed by atoms with Gasteiger partial charge in [-0.05, 0) is 69.9 Å². The molecule has 0 aliphatic carbocycles. The Bertz CT molecular complexity index is 896. The van der Waals surface area contributed by atoms with Gasteiger partial charge in [-0.15, -0.1) is 0 Å². The summed E-state index contributed by atoms with van der Waals surface area (Å²) < 4.78 is 0. The summed E-state index contributed by atoms with van der Waals surface area (Å²) in [5.74, 6) is -0.0487. The summed E-state index contributed by atoms with van der Waals surface area (Å²) in [5.41, 5.74) is 0.560. The SMILES string of the molecule is CCC=CCC=CCC=CCC=CCC=CCC=CCCC(=O)NCCCCNC(=O)c1cccnc1. The van der Waals surface area contributed by atoms with Crippen LogP contribution in [0.3, 0.4) is 0 Å². The number of allylic oxidation sites excluding steroid dienone is 12. The Kier molecular flexibility index (Phi) is 20.7. The summed E-state index contributed by atoms with van der Waals surface area (Å²) >= 11 is 0. The smallest absolute Gasteiger partial charge is 0.252 e. The van der Waals surface area contributed by atoms with Crippen LogP contribution in [-0.4, -0.2) is 29.9 Å². The lowest BCUT2D eigenvalue weighted by molar-refractivity contribution is -0.121. The second-order valence-corrected chi connectivity index (χ2v) is 8.51. The maximum atomic E-state index is 11.9. The van der Waals surface area contributed by atoms with Crippen LogP contribution in [0.4, 0.5) is 0 Å². The number of carbonyl (C=O) groups excluding carboxylic acids is 2. The lowest BCUT2D eigenvalue weighted by Gasteiger charge is -2.06. The van der Waals surface area contributed by atoms with Crippen molar-refractivity contribution >= 4 is 11.8 Å². The molecule has 5 heteroatoms. The van der Waals surface area contributed by atoms with Crippen LogP contribution in [0, 0.1) is 0 Å². The summed E-state index contributed by atoms with van der Waals surface area (Å²) in [4.78, 5) is 27.7. The number of nitrogens with zero attached hydrogens (tertiary/aromatic N) is 1. The normalized spacial score (nSPS) is 12.2. The Morgan fingerprint density at radius 1 is 0.730 bits per heavy atom. The van der Waals surface area contributed by atoms with Crippen molar-refractivity contribution in [2.24, 2.45) is 0 Å². The first-order chi connectivity index (χ1) is 18.2. The number of nitrogens with one attached hydrogen (secondary N) is 2. The highest BCUT2D eigenvalue weighted by Gasteiger charge is 2.03. The highest BCUT2D eigenvalue weighted by Crippen LogP contribution is 1.99. The summed E-state index contributed by atoms with van der Waals surface area (Å²) in [5, 5.41) is 5.79. The van der Waals surface area contributed by atoms with E-state index in [2.05, 4.69) is 95.5 Å². The first-order valence-corrected chi connectivity index (χ1v) is 13.6. The van der Waals surface area contributed by atoms with Gasteiger partial charge in [-0.1, -0.05) is 79.8 Å². The molecule has 0 aromatic carbocycles. The number of aromatic nitrogens is 1. The van der Waals surface area contributed by atoms with Gasteiger partial charge in [-0.25, -0.2) is 0 Å². The zero-order chi connectivity index (χ0) is 26.7. The van der Waals surface area contributed by atoms with E-state index in [0.29, 0.717) is 25.1 Å². The summed E-state index contributed by atoms with van der Waals surface area (Å²) in [7, 11) is 0. The molecule has 0 bridgehead atoms. The molecular weight excluding hydrogens is 458 g/mol. The number of amides is 2. The third kappa shape index (κ3) is 20.4. The number of pyridine rings is 1. The third-order valence-electron chi connectivity index (χ3n) is 5.27. The van der Waals surface area contributed by atoms with Gasteiger partial charge in [0.25, 0.3) is 5.91 Å². The molecule has 0 aliphatic heterocycles. The maximum Gasteiger partial charge on any atom is 0.252 e. The maximum absolute atomic E-state index is 11.9. The monoisotopic (exact) mass is 503 g/mol. The van der Waals surface area contributed by atoms with E-state index in [-0.39, 0.29) is 11.8 Å². The molecule has 1 heterocycles. The summed E-state index contributed by atoms with van der Waals surface area (Å²) in [6.45, 7) is 3.37. The fourth-order valence-corrected chi connectivity index (χ4v) is 3.22. The van der Waals surface area contributed by atoms with E-state index in [1.807, 2.05) is 0 Å². The van der Waals surface area contributed by atoms with E-state index in [0.717, 1.165) is 57.8 Å². The van der Waals surface area contributed by atoms with Gasteiger partial charge in [0.1, 0.15) is 0 Å². The second kappa shape index (κ2) is 24.2. The number of unbranched alkanes of at least 4 members (excludes halogenated alkanes) is 1. The Hall–Kier alpha value is -3.47. The zero-order valence-electron chi connectivity index (χ0n) is 22.5. The van der Waals surface area contributed by atoms with Gasteiger partial charge >= 0.3 is 0 Å². The van der Waals surface area contributed by atoms with Crippen LogP contribution in [0.5, 0.6) is 0 Å². The summed E-state index contributed by atoms with van der Waals surface area (Å²) in [6.07, 6.45) is 38.1. The van der Waals surface area contributed by atoms with E-state index >= 15 is 0 Å². The van der Waals surface area contributed by atoms with Gasteiger partial charge in [-0.3, -0.25) is 14.6 Å². The van der Waals surface area contributed by atoms with Gasteiger partial charge in [-0.2, -0.15) is 0 Å². The van der Waals surface area contributed by atoms with Crippen LogP contribution >= 0.6 is 0 Å². The van der Waals surface area contributed by atoms with Crippen molar-refractivity contribution < 1.29 is 9.59 Å². The van der Waals surface area contributed by atoms with Crippen molar-refractivity contribution in [3.05, 3.63) is 103 Å². The molecule has 0 aliphatic rings. The molecule has 0 radical (unpaired) electrons. The van der Waals surface area contributed by atoms with Gasteiger partial charge in [0, 0.05) is 31.9 Å². The third-order valence-corrected chi connectivity index (χ3v) is 5.27. The minimum absolute atomic E-state index is 0.0684. The molecule has 1 rings (SSSR count). The number of hydrogen-bond acceptors (Lipinski definition) is 3. The van der Waals surface area contributed by atoms with Crippen molar-refractivity contribution in [1.82, 2.24) is 15.6 Å². The van der Waals surface area contributed by atoms with Crippen molar-refractivity contribution in [1.29, 1.82) is 0 Å². The van der Waals surface area contributed by atoms with E-state index in [4.69, 9.17) is 0 Å². The predicted molar refractivity (Wildman–Crippen MR) is 156 cm³/mol. The zero-order valence-corrected chi connectivity index (χ0v) is 22.5. The van der Waals surface area contributed by atoms with Gasteiger partial charge in [0.05, 0.1) is 5.56 Å². The van der Waals surface area contributed by atoms with Crippen LogP contribution in [-0.2, 0) is 4.79 Å². The van der Waals surface area contributed by atoms with Crippen molar-refractivity contribution in [2.75, 3.05) is 13.1 Å². The number of rotatable bonds is 20. The predicted octanol–water partition coefficient (Wildman–Crippen LogP) is 7.19. The van der Waals surface area contributed by atoms with E-state index < -0.39 is 0 Å². The van der Waals surface area contributed by atoms with Crippen LogP contribution in [0.25, 0.3) is 0 Å². The highest BCUT2D eigenvalue weighted by atomic mass is 16.2. The average molecular weight is 504 g/mol. The molecule has 37 heavy (non-hydrogen) atoms. The first kappa shape index (κ1) is 31.6. The van der Waals surface area contributed by atoms with E-state index in [1.54, 1.807) is 24.5 Å². The van der Waals surface area contributed by atoms with Crippen LogP contribution < -0.4 is 10.6 Å². The molecule has 2 N–H and O–H groups in total. The fourth-order valence-electron chi connectivity index (χ4n) is 3.22. The lowest BCUT2D eigenvalue weighted by Crippen LogP contribution is -2.27. The molecule has 5 nitrogen and oxygen atoms in total. The molecule has 0 atom stereocenters. The molecule has 0 fully saturated rings. The molecule has 2 amide bonds. The quantitative estimate of drug-likeness (QED) is 0.146. The Balaban J connectivity index is 1.93. The minimum atomic E-state index is -0.117. The topological polar surface area (TPSA) is 71.1 Å². The number of carbonyl (C=O) groups is 2. The molecule has 0 saturated heterocycles. The highest BCUT2D eigenvalue weighted by molar-refractivity contribution is 5.93.